The maximum atomic E-state index is 12.0. The average Bonchev–Trinajstić information content (AvgIpc) is 2.53. The monoisotopic (exact) mass is 383 g/mol. The second kappa shape index (κ2) is 11.2. The van der Waals surface area contributed by atoms with Crippen molar-refractivity contribution in [1.29, 1.82) is 0 Å². The minimum atomic E-state index is -0.651. The summed E-state index contributed by atoms with van der Waals surface area (Å²) >= 11 is 3.32. The predicted molar refractivity (Wildman–Crippen MR) is 95.4 cm³/mol. The van der Waals surface area contributed by atoms with Crippen LogP contribution in [0.4, 0.5) is 0 Å². The van der Waals surface area contributed by atoms with Crippen LogP contribution in [-0.4, -0.2) is 24.5 Å². The first-order valence-corrected chi connectivity index (χ1v) is 9.07. The lowest BCUT2D eigenvalue weighted by molar-refractivity contribution is -0.145. The molecular formula is C18H26BrNO3. The smallest absolute Gasteiger partial charge is 0.328 e. The van der Waals surface area contributed by atoms with Crippen molar-refractivity contribution in [2.45, 2.75) is 58.4 Å². The van der Waals surface area contributed by atoms with E-state index in [1.54, 1.807) is 25.1 Å². The zero-order valence-electron chi connectivity index (χ0n) is 13.9. The molecule has 0 radical (unpaired) electrons. The van der Waals surface area contributed by atoms with Crippen molar-refractivity contribution in [2.75, 3.05) is 6.61 Å². The Morgan fingerprint density at radius 2 is 1.87 bits per heavy atom. The minimum absolute atomic E-state index is 0.282. The van der Waals surface area contributed by atoms with Crippen molar-refractivity contribution in [3.05, 3.63) is 34.3 Å². The molecule has 23 heavy (non-hydrogen) atoms. The van der Waals surface area contributed by atoms with Crippen LogP contribution in [0.15, 0.2) is 28.7 Å². The molecule has 0 saturated heterocycles. The van der Waals surface area contributed by atoms with Crippen LogP contribution in [0.3, 0.4) is 0 Å². The van der Waals surface area contributed by atoms with Crippen LogP contribution < -0.4 is 5.32 Å². The molecule has 5 heteroatoms. The van der Waals surface area contributed by atoms with Gasteiger partial charge < -0.3 is 10.1 Å². The van der Waals surface area contributed by atoms with Gasteiger partial charge in [-0.3, -0.25) is 4.79 Å². The van der Waals surface area contributed by atoms with Gasteiger partial charge in [0.15, 0.2) is 0 Å². The van der Waals surface area contributed by atoms with Crippen molar-refractivity contribution in [2.24, 2.45) is 0 Å². The Kier molecular flexibility index (Phi) is 9.60. The Hall–Kier alpha value is -1.36. The molecule has 1 N–H and O–H groups in total. The highest BCUT2D eigenvalue weighted by Gasteiger charge is 2.17. The fourth-order valence-corrected chi connectivity index (χ4v) is 2.55. The highest BCUT2D eigenvalue weighted by atomic mass is 79.9. The van der Waals surface area contributed by atoms with Gasteiger partial charge in [0.1, 0.15) is 6.04 Å². The van der Waals surface area contributed by atoms with Gasteiger partial charge in [0.05, 0.1) is 6.61 Å². The molecular weight excluding hydrogens is 358 g/mol. The number of hydrogen-bond acceptors (Lipinski definition) is 3. The van der Waals surface area contributed by atoms with Gasteiger partial charge in [0.2, 0.25) is 0 Å². The summed E-state index contributed by atoms with van der Waals surface area (Å²) in [6.07, 6.45) is 6.86. The summed E-state index contributed by atoms with van der Waals surface area (Å²) < 4.78 is 6.03. The number of amides is 1. The summed E-state index contributed by atoms with van der Waals surface area (Å²) in [5, 5.41) is 2.66. The zero-order chi connectivity index (χ0) is 17.1. The van der Waals surface area contributed by atoms with Crippen LogP contribution in [0.25, 0.3) is 0 Å². The van der Waals surface area contributed by atoms with Crippen LogP contribution >= 0.6 is 15.9 Å². The molecule has 0 aliphatic rings. The number of ether oxygens (including phenoxy) is 1. The number of unbranched alkanes of at least 4 members (excludes halogenated alkanes) is 5. The van der Waals surface area contributed by atoms with E-state index < -0.39 is 6.04 Å². The van der Waals surface area contributed by atoms with Gasteiger partial charge in [-0.2, -0.15) is 0 Å². The molecule has 1 rings (SSSR count). The molecule has 1 amide bonds. The van der Waals surface area contributed by atoms with Gasteiger partial charge >= 0.3 is 5.97 Å². The Bertz CT molecular complexity index is 505. The first-order valence-electron chi connectivity index (χ1n) is 8.27. The summed E-state index contributed by atoms with van der Waals surface area (Å²) in [7, 11) is 0. The number of carbonyl (C=O) groups is 2. The van der Waals surface area contributed by atoms with E-state index in [1.807, 2.05) is 6.07 Å². The lowest BCUT2D eigenvalue weighted by Gasteiger charge is -2.13. The summed E-state index contributed by atoms with van der Waals surface area (Å²) in [6, 6.07) is 6.38. The predicted octanol–water partition coefficient (Wildman–Crippen LogP) is 4.47. The van der Waals surface area contributed by atoms with E-state index in [9.17, 15) is 9.59 Å². The molecule has 4 nitrogen and oxygen atoms in total. The van der Waals surface area contributed by atoms with Crippen LogP contribution in [-0.2, 0) is 9.53 Å². The normalized spacial score (nSPS) is 11.8. The zero-order valence-corrected chi connectivity index (χ0v) is 15.5. The van der Waals surface area contributed by atoms with E-state index in [2.05, 4.69) is 28.2 Å². The average molecular weight is 384 g/mol. The molecule has 1 atom stereocenters. The van der Waals surface area contributed by atoms with Crippen LogP contribution in [0, 0.1) is 0 Å². The third kappa shape index (κ3) is 8.16. The number of nitrogens with one attached hydrogen (secondary N) is 1. The molecule has 0 spiro atoms. The van der Waals surface area contributed by atoms with E-state index in [4.69, 9.17) is 4.74 Å². The van der Waals surface area contributed by atoms with E-state index in [-0.39, 0.29) is 11.9 Å². The fourth-order valence-electron chi connectivity index (χ4n) is 2.15. The number of esters is 1. The number of carbonyl (C=O) groups excluding carboxylic acids is 2. The van der Waals surface area contributed by atoms with Gasteiger partial charge in [0.25, 0.3) is 5.91 Å². The third-order valence-corrected chi connectivity index (χ3v) is 4.02. The van der Waals surface area contributed by atoms with E-state index in [1.165, 1.54) is 25.7 Å². The first kappa shape index (κ1) is 19.7. The summed E-state index contributed by atoms with van der Waals surface area (Å²) in [5.41, 5.74) is 0.509. The molecule has 1 aromatic rings. The molecule has 0 aliphatic heterocycles. The Morgan fingerprint density at radius 1 is 1.17 bits per heavy atom. The quantitative estimate of drug-likeness (QED) is 0.478. The van der Waals surface area contributed by atoms with Crippen molar-refractivity contribution in [3.8, 4) is 0 Å². The molecule has 0 bridgehead atoms. The molecule has 0 aliphatic carbocycles. The standard InChI is InChI=1S/C18H26BrNO3/c1-3-4-5-6-7-8-12-23-18(22)14(2)20-17(21)15-10-9-11-16(19)13-15/h9-11,13-14H,3-8,12H2,1-2H3,(H,20,21)/t14-/m0/s1. The van der Waals surface area contributed by atoms with Gasteiger partial charge in [-0.1, -0.05) is 61.0 Å². The summed E-state index contributed by atoms with van der Waals surface area (Å²) in [5.74, 6) is -0.669. The van der Waals surface area contributed by atoms with Crippen molar-refractivity contribution in [1.82, 2.24) is 5.32 Å². The SMILES string of the molecule is CCCCCCCCOC(=O)[C@H](C)NC(=O)c1cccc(Br)c1. The highest BCUT2D eigenvalue weighted by molar-refractivity contribution is 9.10. The second-order valence-corrected chi connectivity index (χ2v) is 6.56. The number of benzene rings is 1. The maximum Gasteiger partial charge on any atom is 0.328 e. The topological polar surface area (TPSA) is 55.4 Å². The molecule has 0 unspecified atom stereocenters. The number of rotatable bonds is 10. The largest absolute Gasteiger partial charge is 0.464 e. The van der Waals surface area contributed by atoms with Gasteiger partial charge in [0, 0.05) is 10.0 Å². The number of hydrogen-bond donors (Lipinski definition) is 1. The highest BCUT2D eigenvalue weighted by Crippen LogP contribution is 2.11. The van der Waals surface area contributed by atoms with Crippen LogP contribution in [0.2, 0.25) is 0 Å². The minimum Gasteiger partial charge on any atom is -0.464 e. The third-order valence-electron chi connectivity index (χ3n) is 3.53. The van der Waals surface area contributed by atoms with Crippen molar-refractivity contribution < 1.29 is 14.3 Å². The molecule has 0 saturated carbocycles. The molecule has 1 aromatic carbocycles. The Morgan fingerprint density at radius 3 is 2.57 bits per heavy atom. The van der Waals surface area contributed by atoms with E-state index in [0.717, 1.165) is 17.3 Å². The van der Waals surface area contributed by atoms with E-state index >= 15 is 0 Å². The van der Waals surface area contributed by atoms with Crippen LogP contribution in [0.5, 0.6) is 0 Å². The lowest BCUT2D eigenvalue weighted by atomic mass is 10.1. The summed E-state index contributed by atoms with van der Waals surface area (Å²) in [6.45, 7) is 4.24. The lowest BCUT2D eigenvalue weighted by Crippen LogP contribution is -2.39. The first-order chi connectivity index (χ1) is 11.0. The van der Waals surface area contributed by atoms with Gasteiger partial charge in [-0.15, -0.1) is 0 Å². The number of halogens is 1. The molecule has 0 fully saturated rings. The van der Waals surface area contributed by atoms with Crippen molar-refractivity contribution >= 4 is 27.8 Å². The summed E-state index contributed by atoms with van der Waals surface area (Å²) in [4.78, 5) is 23.9. The van der Waals surface area contributed by atoms with Gasteiger partial charge in [-0.25, -0.2) is 4.79 Å². The van der Waals surface area contributed by atoms with E-state index in [0.29, 0.717) is 12.2 Å². The second-order valence-electron chi connectivity index (χ2n) is 5.64. The van der Waals surface area contributed by atoms with Crippen LogP contribution in [0.1, 0.15) is 62.7 Å². The molecule has 128 valence electrons. The van der Waals surface area contributed by atoms with Crippen molar-refractivity contribution in [3.63, 3.8) is 0 Å². The fraction of sp³-hybridized carbons (Fsp3) is 0.556. The molecule has 0 heterocycles. The van der Waals surface area contributed by atoms with Gasteiger partial charge in [-0.05, 0) is 31.5 Å². The molecule has 0 aromatic heterocycles. The Labute approximate surface area is 147 Å². The Balaban J connectivity index is 2.24. The maximum absolute atomic E-state index is 12.0.